The molecule has 0 aliphatic carbocycles. The van der Waals surface area contributed by atoms with Crippen molar-refractivity contribution in [2.24, 2.45) is 5.41 Å². The smallest absolute Gasteiger partial charge is 0.335 e. The number of hydrogen-bond donors (Lipinski definition) is 3. The fourth-order valence-electron chi connectivity index (χ4n) is 1.80. The average molecular weight is 315 g/mol. The number of sulfonamides is 1. The van der Waals surface area contributed by atoms with Gasteiger partial charge in [-0.05, 0) is 42.5 Å². The molecule has 0 fully saturated rings. The van der Waals surface area contributed by atoms with E-state index < -0.39 is 16.0 Å². The summed E-state index contributed by atoms with van der Waals surface area (Å²) in [6, 6.07) is 5.06. The summed E-state index contributed by atoms with van der Waals surface area (Å²) in [6.45, 7) is 4.15. The van der Waals surface area contributed by atoms with Crippen LogP contribution >= 0.6 is 0 Å². The van der Waals surface area contributed by atoms with Gasteiger partial charge in [0.2, 0.25) is 10.0 Å². The molecule has 0 bridgehead atoms. The molecule has 0 heterocycles. The molecule has 118 valence electrons. The minimum atomic E-state index is -3.67. The van der Waals surface area contributed by atoms with E-state index >= 15 is 0 Å². The SMILES string of the molecule is CC(C)(CCCO)CNS(=O)(=O)c1ccc(C(=O)O)cc1. The van der Waals surface area contributed by atoms with E-state index in [1.54, 1.807) is 0 Å². The van der Waals surface area contributed by atoms with Gasteiger partial charge in [-0.1, -0.05) is 13.8 Å². The Morgan fingerprint density at radius 3 is 2.29 bits per heavy atom. The molecule has 1 rings (SSSR count). The van der Waals surface area contributed by atoms with Crippen molar-refractivity contribution in [1.82, 2.24) is 4.72 Å². The zero-order valence-electron chi connectivity index (χ0n) is 12.2. The molecule has 0 saturated heterocycles. The molecule has 0 saturated carbocycles. The Bertz CT molecular complexity index is 578. The molecule has 0 aliphatic rings. The lowest BCUT2D eigenvalue weighted by Gasteiger charge is -2.24. The van der Waals surface area contributed by atoms with Gasteiger partial charge >= 0.3 is 5.97 Å². The van der Waals surface area contributed by atoms with Crippen LogP contribution in [0.25, 0.3) is 0 Å². The maximum atomic E-state index is 12.1. The summed E-state index contributed by atoms with van der Waals surface area (Å²) in [6.07, 6.45) is 1.31. The van der Waals surface area contributed by atoms with Gasteiger partial charge in [0.1, 0.15) is 0 Å². The van der Waals surface area contributed by atoms with Crippen molar-refractivity contribution >= 4 is 16.0 Å². The number of aliphatic hydroxyl groups excluding tert-OH is 1. The lowest BCUT2D eigenvalue weighted by Crippen LogP contribution is -2.34. The monoisotopic (exact) mass is 315 g/mol. The number of hydrogen-bond acceptors (Lipinski definition) is 4. The third kappa shape index (κ3) is 5.45. The van der Waals surface area contributed by atoms with E-state index in [9.17, 15) is 13.2 Å². The number of aromatic carboxylic acids is 1. The van der Waals surface area contributed by atoms with Gasteiger partial charge in [-0.3, -0.25) is 0 Å². The van der Waals surface area contributed by atoms with Crippen molar-refractivity contribution in [3.8, 4) is 0 Å². The van der Waals surface area contributed by atoms with Crippen LogP contribution in [0.3, 0.4) is 0 Å². The van der Waals surface area contributed by atoms with Crippen LogP contribution in [-0.4, -0.2) is 37.8 Å². The predicted octanol–water partition coefficient (Wildman–Crippen LogP) is 1.46. The van der Waals surface area contributed by atoms with E-state index in [0.717, 1.165) is 0 Å². The Labute approximate surface area is 124 Å². The number of carboxylic acids is 1. The summed E-state index contributed by atoms with van der Waals surface area (Å²) in [4.78, 5) is 10.8. The summed E-state index contributed by atoms with van der Waals surface area (Å²) in [7, 11) is -3.67. The molecule has 0 radical (unpaired) electrons. The molecule has 7 heteroatoms. The van der Waals surface area contributed by atoms with Crippen LogP contribution in [0.2, 0.25) is 0 Å². The second-order valence-electron chi connectivity index (χ2n) is 5.65. The summed E-state index contributed by atoms with van der Waals surface area (Å²) in [5.74, 6) is -1.10. The number of carboxylic acid groups (broad SMARTS) is 1. The van der Waals surface area contributed by atoms with Gasteiger partial charge in [0.15, 0.2) is 0 Å². The number of nitrogens with one attached hydrogen (secondary N) is 1. The Kier molecular flexibility index (Phi) is 5.88. The van der Waals surface area contributed by atoms with Crippen LogP contribution in [0.1, 0.15) is 37.0 Å². The first-order valence-electron chi connectivity index (χ1n) is 6.62. The third-order valence-corrected chi connectivity index (χ3v) is 4.58. The van der Waals surface area contributed by atoms with Crippen LogP contribution in [-0.2, 0) is 10.0 Å². The lowest BCUT2D eigenvalue weighted by atomic mass is 9.88. The van der Waals surface area contributed by atoms with E-state index in [2.05, 4.69) is 4.72 Å². The quantitative estimate of drug-likeness (QED) is 0.674. The third-order valence-electron chi connectivity index (χ3n) is 3.16. The van der Waals surface area contributed by atoms with Crippen LogP contribution < -0.4 is 4.72 Å². The Morgan fingerprint density at radius 1 is 1.24 bits per heavy atom. The minimum absolute atomic E-state index is 0.0328. The fourth-order valence-corrected chi connectivity index (χ4v) is 3.04. The number of benzene rings is 1. The molecular formula is C14H21NO5S. The van der Waals surface area contributed by atoms with Gasteiger partial charge in [-0.25, -0.2) is 17.9 Å². The molecule has 0 aromatic heterocycles. The molecule has 6 nitrogen and oxygen atoms in total. The minimum Gasteiger partial charge on any atom is -0.478 e. The highest BCUT2D eigenvalue weighted by molar-refractivity contribution is 7.89. The highest BCUT2D eigenvalue weighted by atomic mass is 32.2. The van der Waals surface area contributed by atoms with Gasteiger partial charge in [0, 0.05) is 13.2 Å². The number of aliphatic hydroxyl groups is 1. The first kappa shape index (κ1) is 17.6. The maximum Gasteiger partial charge on any atom is 0.335 e. The van der Waals surface area contributed by atoms with Crippen molar-refractivity contribution in [1.29, 1.82) is 0 Å². The standard InChI is InChI=1S/C14H21NO5S/c1-14(2,8-3-9-16)10-15-21(19,20)12-6-4-11(5-7-12)13(17)18/h4-7,15-16H,3,8-10H2,1-2H3,(H,17,18). The molecule has 0 spiro atoms. The Balaban J connectivity index is 2.75. The van der Waals surface area contributed by atoms with Crippen LogP contribution in [0.5, 0.6) is 0 Å². The van der Waals surface area contributed by atoms with Crippen molar-refractivity contribution < 1.29 is 23.4 Å². The summed E-state index contributed by atoms with van der Waals surface area (Å²) >= 11 is 0. The van der Waals surface area contributed by atoms with Crippen molar-refractivity contribution in [3.63, 3.8) is 0 Å². The van der Waals surface area contributed by atoms with Gasteiger partial charge in [0.05, 0.1) is 10.5 Å². The van der Waals surface area contributed by atoms with Crippen molar-refractivity contribution in [3.05, 3.63) is 29.8 Å². The molecule has 1 aromatic rings. The summed E-state index contributed by atoms with van der Waals surface area (Å²) < 4.78 is 26.8. The van der Waals surface area contributed by atoms with E-state index in [-0.39, 0.29) is 29.0 Å². The van der Waals surface area contributed by atoms with E-state index in [4.69, 9.17) is 10.2 Å². The molecular weight excluding hydrogens is 294 g/mol. The van der Waals surface area contributed by atoms with Gasteiger partial charge in [0.25, 0.3) is 0 Å². The molecule has 0 unspecified atom stereocenters. The molecule has 1 aromatic carbocycles. The molecule has 21 heavy (non-hydrogen) atoms. The molecule has 0 atom stereocenters. The van der Waals surface area contributed by atoms with Crippen molar-refractivity contribution in [2.45, 2.75) is 31.6 Å². The molecule has 0 aliphatic heterocycles. The van der Waals surface area contributed by atoms with Gasteiger partial charge < -0.3 is 10.2 Å². The Morgan fingerprint density at radius 2 is 1.81 bits per heavy atom. The van der Waals surface area contributed by atoms with Crippen LogP contribution in [0.15, 0.2) is 29.2 Å². The summed E-state index contributed by atoms with van der Waals surface area (Å²) in [5.41, 5.74) is -0.228. The van der Waals surface area contributed by atoms with Crippen molar-refractivity contribution in [2.75, 3.05) is 13.2 Å². The number of rotatable bonds is 8. The second kappa shape index (κ2) is 7.02. The fraction of sp³-hybridized carbons (Fsp3) is 0.500. The highest BCUT2D eigenvalue weighted by Crippen LogP contribution is 2.22. The molecule has 3 N–H and O–H groups in total. The molecule has 0 amide bonds. The normalized spacial score (nSPS) is 12.3. The zero-order valence-corrected chi connectivity index (χ0v) is 13.0. The summed E-state index contributed by atoms with van der Waals surface area (Å²) in [5, 5.41) is 17.6. The Hall–Kier alpha value is -1.44. The van der Waals surface area contributed by atoms with Gasteiger partial charge in [-0.15, -0.1) is 0 Å². The van der Waals surface area contributed by atoms with Crippen LogP contribution in [0.4, 0.5) is 0 Å². The maximum absolute atomic E-state index is 12.1. The highest BCUT2D eigenvalue weighted by Gasteiger charge is 2.22. The zero-order chi connectivity index (χ0) is 16.1. The lowest BCUT2D eigenvalue weighted by molar-refractivity contribution is 0.0696. The van der Waals surface area contributed by atoms with E-state index in [1.165, 1.54) is 24.3 Å². The predicted molar refractivity (Wildman–Crippen MR) is 78.7 cm³/mol. The topological polar surface area (TPSA) is 104 Å². The van der Waals surface area contributed by atoms with E-state index in [0.29, 0.717) is 12.8 Å². The van der Waals surface area contributed by atoms with Gasteiger partial charge in [-0.2, -0.15) is 0 Å². The first-order valence-corrected chi connectivity index (χ1v) is 8.10. The largest absolute Gasteiger partial charge is 0.478 e. The first-order chi connectivity index (χ1) is 9.68. The average Bonchev–Trinajstić information content (AvgIpc) is 2.43. The van der Waals surface area contributed by atoms with E-state index in [1.807, 2.05) is 13.8 Å². The van der Waals surface area contributed by atoms with Crippen LogP contribution in [0, 0.1) is 5.41 Å². The second-order valence-corrected chi connectivity index (χ2v) is 7.41. The number of carbonyl (C=O) groups is 1.